The molecule has 4 heteroatoms. The zero-order valence-electron chi connectivity index (χ0n) is 15.0. The van der Waals surface area contributed by atoms with E-state index in [-0.39, 0.29) is 10.3 Å². The highest BCUT2D eigenvalue weighted by molar-refractivity contribution is 8.00. The largest absolute Gasteiger partial charge is 0.307 e. The molecule has 0 unspecified atom stereocenters. The number of thiazole rings is 1. The fourth-order valence-corrected chi connectivity index (χ4v) is 8.31. The van der Waals surface area contributed by atoms with Crippen LogP contribution in [0.5, 0.6) is 0 Å². The molecule has 1 aromatic heterocycles. The Hall–Kier alpha value is -1.000. The molecule has 2 bridgehead atoms. The number of aromatic amines is 1. The zero-order valence-corrected chi connectivity index (χ0v) is 16.7. The van der Waals surface area contributed by atoms with Gasteiger partial charge in [0.05, 0.1) is 5.03 Å². The first-order valence-electron chi connectivity index (χ1n) is 9.42. The Morgan fingerprint density at radius 1 is 1.08 bits per heavy atom. The van der Waals surface area contributed by atoms with Gasteiger partial charge >= 0.3 is 4.87 Å². The summed E-state index contributed by atoms with van der Waals surface area (Å²) in [4.78, 5) is 16.6. The molecule has 2 aromatic rings. The Morgan fingerprint density at radius 3 is 2.52 bits per heavy atom. The monoisotopic (exact) mass is 371 g/mol. The van der Waals surface area contributed by atoms with Gasteiger partial charge in [-0.1, -0.05) is 56.4 Å². The molecule has 2 fully saturated rings. The lowest BCUT2D eigenvalue weighted by Gasteiger charge is -2.40. The van der Waals surface area contributed by atoms with Crippen LogP contribution in [0.25, 0.3) is 0 Å². The molecule has 0 radical (unpaired) electrons. The fraction of sp³-hybridized carbons (Fsp3) is 0.571. The Bertz CT molecular complexity index is 857. The van der Waals surface area contributed by atoms with Gasteiger partial charge in [0.15, 0.2) is 0 Å². The highest BCUT2D eigenvalue weighted by Gasteiger charge is 2.54. The summed E-state index contributed by atoms with van der Waals surface area (Å²) in [5.74, 6) is 2.82. The van der Waals surface area contributed by atoms with Crippen molar-refractivity contribution in [1.82, 2.24) is 4.98 Å². The Labute approximate surface area is 157 Å². The molecule has 2 aliphatic carbocycles. The molecule has 5 atom stereocenters. The molecule has 0 amide bonds. The molecule has 132 valence electrons. The molecule has 0 saturated heterocycles. The smallest absolute Gasteiger partial charge is 0.305 e. The minimum absolute atomic E-state index is 0.112. The van der Waals surface area contributed by atoms with Crippen LogP contribution < -0.4 is 4.87 Å². The Kier molecular flexibility index (Phi) is 3.56. The van der Waals surface area contributed by atoms with E-state index < -0.39 is 0 Å². The number of fused-ring (bicyclic) bond motifs is 6. The minimum atomic E-state index is 0.112. The topological polar surface area (TPSA) is 32.9 Å². The molecule has 1 N–H and O–H groups in total. The second-order valence-corrected chi connectivity index (χ2v) is 11.3. The molecule has 2 saturated carbocycles. The van der Waals surface area contributed by atoms with Gasteiger partial charge in [-0.05, 0) is 53.6 Å². The van der Waals surface area contributed by atoms with Crippen molar-refractivity contribution in [3.8, 4) is 0 Å². The van der Waals surface area contributed by atoms with Gasteiger partial charge in [0.25, 0.3) is 0 Å². The van der Waals surface area contributed by atoms with E-state index in [0.29, 0.717) is 17.1 Å². The quantitative estimate of drug-likeness (QED) is 0.729. The van der Waals surface area contributed by atoms with Gasteiger partial charge in [-0.3, -0.25) is 4.79 Å². The van der Waals surface area contributed by atoms with E-state index in [1.807, 2.05) is 11.8 Å². The average Bonchev–Trinajstić information content (AvgIpc) is 3.25. The maximum absolute atomic E-state index is 12.1. The molecular weight excluding hydrogens is 346 g/mol. The van der Waals surface area contributed by atoms with E-state index in [2.05, 4.69) is 50.0 Å². The standard InChI is InChI=1S/C21H25NOS2/c1-21(2,3)14-8-6-11(7-9-14)15-16-12-4-5-13(10-12)17(16)24-19-18(15)25-20(23)22-19/h6-9,12-13,15-17H,4-5,10H2,1-3H3,(H,22,23)/t12-,13-,15-,16-,17+/m1/s1. The first-order chi connectivity index (χ1) is 11.9. The first kappa shape index (κ1) is 16.2. The van der Waals surface area contributed by atoms with E-state index in [0.717, 1.165) is 16.9 Å². The summed E-state index contributed by atoms with van der Waals surface area (Å²) in [6.07, 6.45) is 4.17. The van der Waals surface area contributed by atoms with Crippen molar-refractivity contribution in [3.05, 3.63) is 49.9 Å². The maximum Gasteiger partial charge on any atom is 0.305 e. The van der Waals surface area contributed by atoms with E-state index in [1.165, 1.54) is 46.6 Å². The highest BCUT2D eigenvalue weighted by atomic mass is 32.2. The van der Waals surface area contributed by atoms with Crippen LogP contribution in [0.3, 0.4) is 0 Å². The Balaban J connectivity index is 1.61. The predicted octanol–water partition coefficient (Wildman–Crippen LogP) is 5.39. The lowest BCUT2D eigenvalue weighted by atomic mass is 9.74. The van der Waals surface area contributed by atoms with Crippen LogP contribution >= 0.6 is 23.1 Å². The molecule has 2 heterocycles. The summed E-state index contributed by atoms with van der Waals surface area (Å²) in [5.41, 5.74) is 2.97. The van der Waals surface area contributed by atoms with Crippen molar-refractivity contribution in [2.75, 3.05) is 0 Å². The van der Waals surface area contributed by atoms with Crippen LogP contribution in [0, 0.1) is 17.8 Å². The summed E-state index contributed by atoms with van der Waals surface area (Å²) in [5, 5.41) is 1.86. The van der Waals surface area contributed by atoms with Crippen molar-refractivity contribution in [1.29, 1.82) is 0 Å². The van der Waals surface area contributed by atoms with Gasteiger partial charge in [0.1, 0.15) is 0 Å². The van der Waals surface area contributed by atoms with Crippen molar-refractivity contribution < 1.29 is 0 Å². The lowest BCUT2D eigenvalue weighted by molar-refractivity contribution is 0.307. The molecule has 3 aliphatic rings. The van der Waals surface area contributed by atoms with Gasteiger partial charge < -0.3 is 4.98 Å². The summed E-state index contributed by atoms with van der Waals surface area (Å²) in [6, 6.07) is 9.26. The number of nitrogens with one attached hydrogen (secondary N) is 1. The number of rotatable bonds is 1. The summed E-state index contributed by atoms with van der Waals surface area (Å²) < 4.78 is 0. The molecule has 2 nitrogen and oxygen atoms in total. The maximum atomic E-state index is 12.1. The number of hydrogen-bond donors (Lipinski definition) is 1. The second-order valence-electron chi connectivity index (χ2n) is 9.05. The minimum Gasteiger partial charge on any atom is -0.307 e. The molecule has 25 heavy (non-hydrogen) atoms. The van der Waals surface area contributed by atoms with Crippen LogP contribution in [-0.2, 0) is 5.41 Å². The van der Waals surface area contributed by atoms with Gasteiger partial charge in [-0.15, -0.1) is 11.8 Å². The summed E-state index contributed by atoms with van der Waals surface area (Å²) >= 11 is 3.42. The van der Waals surface area contributed by atoms with E-state index in [4.69, 9.17) is 0 Å². The summed E-state index contributed by atoms with van der Waals surface area (Å²) in [7, 11) is 0. The van der Waals surface area contributed by atoms with E-state index in [1.54, 1.807) is 0 Å². The normalized spacial score (nSPS) is 33.3. The van der Waals surface area contributed by atoms with E-state index in [9.17, 15) is 4.79 Å². The number of thioether (sulfide) groups is 1. The zero-order chi connectivity index (χ0) is 17.3. The van der Waals surface area contributed by atoms with Gasteiger partial charge in [0, 0.05) is 16.0 Å². The molecular formula is C21H25NOS2. The summed E-state index contributed by atoms with van der Waals surface area (Å²) in [6.45, 7) is 6.80. The number of benzene rings is 1. The van der Waals surface area contributed by atoms with Gasteiger partial charge in [-0.25, -0.2) is 0 Å². The van der Waals surface area contributed by atoms with Crippen LogP contribution in [0.1, 0.15) is 62.0 Å². The van der Waals surface area contributed by atoms with Crippen molar-refractivity contribution in [3.63, 3.8) is 0 Å². The number of aromatic nitrogens is 1. The van der Waals surface area contributed by atoms with Crippen molar-refractivity contribution in [2.45, 2.75) is 61.6 Å². The van der Waals surface area contributed by atoms with Gasteiger partial charge in [0.2, 0.25) is 0 Å². The lowest BCUT2D eigenvalue weighted by Crippen LogP contribution is -2.33. The van der Waals surface area contributed by atoms with Crippen LogP contribution in [0.4, 0.5) is 0 Å². The third-order valence-corrected chi connectivity index (χ3v) is 9.22. The first-order valence-corrected chi connectivity index (χ1v) is 11.1. The van der Waals surface area contributed by atoms with Crippen molar-refractivity contribution >= 4 is 23.1 Å². The second kappa shape index (κ2) is 5.50. The van der Waals surface area contributed by atoms with E-state index >= 15 is 0 Å². The Morgan fingerprint density at radius 2 is 1.80 bits per heavy atom. The third kappa shape index (κ3) is 2.48. The predicted molar refractivity (Wildman–Crippen MR) is 106 cm³/mol. The molecule has 1 aliphatic heterocycles. The fourth-order valence-electron chi connectivity index (χ4n) is 5.41. The highest BCUT2D eigenvalue weighted by Crippen LogP contribution is 2.63. The number of H-pyrrole nitrogens is 1. The SMILES string of the molecule is CC(C)(C)c1ccc([C@H]2c3sc(=O)[nH]c3S[C@H]3[C@@H]4CC[C@H](C4)[C@H]23)cc1. The van der Waals surface area contributed by atoms with Crippen molar-refractivity contribution in [2.24, 2.45) is 17.8 Å². The van der Waals surface area contributed by atoms with Crippen LogP contribution in [0.15, 0.2) is 34.1 Å². The number of hydrogen-bond acceptors (Lipinski definition) is 3. The molecule has 5 rings (SSSR count). The third-order valence-electron chi connectivity index (χ3n) is 6.60. The van der Waals surface area contributed by atoms with Crippen LogP contribution in [0.2, 0.25) is 0 Å². The molecule has 0 spiro atoms. The average molecular weight is 372 g/mol. The van der Waals surface area contributed by atoms with Crippen LogP contribution in [-0.4, -0.2) is 10.2 Å². The van der Waals surface area contributed by atoms with Gasteiger partial charge in [-0.2, -0.15) is 0 Å². The molecule has 1 aromatic carbocycles.